The van der Waals surface area contributed by atoms with Crippen LogP contribution >= 0.6 is 11.6 Å². The molecule has 0 aromatic heterocycles. The molecule has 1 fully saturated rings. The largest absolute Gasteiger partial charge is 0.466 e. The Morgan fingerprint density at radius 2 is 2.00 bits per heavy atom. The summed E-state index contributed by atoms with van der Waals surface area (Å²) in [6.07, 6.45) is 1.44. The second-order valence-electron chi connectivity index (χ2n) is 2.85. The molecule has 0 amide bonds. The van der Waals surface area contributed by atoms with Gasteiger partial charge in [0.05, 0.1) is 12.5 Å². The average Bonchev–Trinajstić information content (AvgIpc) is 1.82. The Bertz CT molecular complexity index is 202. The van der Waals surface area contributed by atoms with Gasteiger partial charge in [0.2, 0.25) is 5.24 Å². The van der Waals surface area contributed by atoms with E-state index in [9.17, 15) is 9.59 Å². The first kappa shape index (κ1) is 9.52. The van der Waals surface area contributed by atoms with Gasteiger partial charge >= 0.3 is 5.97 Å². The third-order valence-electron chi connectivity index (χ3n) is 2.16. The van der Waals surface area contributed by atoms with E-state index in [0.29, 0.717) is 13.0 Å². The van der Waals surface area contributed by atoms with Crippen LogP contribution < -0.4 is 0 Å². The van der Waals surface area contributed by atoms with E-state index in [1.54, 1.807) is 6.92 Å². The minimum absolute atomic E-state index is 0.282. The zero-order valence-electron chi connectivity index (χ0n) is 6.88. The van der Waals surface area contributed by atoms with Crippen LogP contribution in [0.25, 0.3) is 0 Å². The lowest BCUT2D eigenvalue weighted by Gasteiger charge is -2.31. The van der Waals surface area contributed by atoms with Crippen LogP contribution in [0.4, 0.5) is 0 Å². The van der Waals surface area contributed by atoms with E-state index in [1.807, 2.05) is 0 Å². The summed E-state index contributed by atoms with van der Waals surface area (Å²) in [6.45, 7) is 2.10. The van der Waals surface area contributed by atoms with Crippen LogP contribution in [-0.2, 0) is 14.3 Å². The molecule has 0 bridgehead atoms. The fourth-order valence-corrected chi connectivity index (χ4v) is 1.56. The molecule has 0 spiro atoms. The topological polar surface area (TPSA) is 43.4 Å². The summed E-state index contributed by atoms with van der Waals surface area (Å²) in [6, 6.07) is 0. The van der Waals surface area contributed by atoms with Gasteiger partial charge in [0.25, 0.3) is 0 Å². The molecule has 1 aliphatic rings. The standard InChI is InChI=1S/C8H11ClO3/c1-2-12-8(11)6-4-3-5(6)7(9)10/h5-6H,2-4H2,1H3/t5-,6-/m1/s1. The zero-order valence-corrected chi connectivity index (χ0v) is 7.63. The van der Waals surface area contributed by atoms with Gasteiger partial charge in [-0.1, -0.05) is 0 Å². The summed E-state index contributed by atoms with van der Waals surface area (Å²) in [7, 11) is 0. The number of carbonyl (C=O) groups is 2. The van der Waals surface area contributed by atoms with E-state index in [2.05, 4.69) is 0 Å². The first-order valence-electron chi connectivity index (χ1n) is 4.02. The summed E-state index contributed by atoms with van der Waals surface area (Å²) in [5.41, 5.74) is 0. The summed E-state index contributed by atoms with van der Waals surface area (Å²) in [5, 5.41) is -0.417. The molecule has 0 unspecified atom stereocenters. The van der Waals surface area contributed by atoms with Crippen LogP contribution in [0.3, 0.4) is 0 Å². The van der Waals surface area contributed by atoms with E-state index in [1.165, 1.54) is 0 Å². The minimum atomic E-state index is -0.417. The number of rotatable bonds is 3. The highest BCUT2D eigenvalue weighted by atomic mass is 35.5. The Morgan fingerprint density at radius 1 is 1.42 bits per heavy atom. The van der Waals surface area contributed by atoms with Crippen molar-refractivity contribution < 1.29 is 14.3 Å². The number of ether oxygens (including phenoxy) is 1. The lowest BCUT2D eigenvalue weighted by molar-refractivity contribution is -0.156. The predicted octanol–water partition coefficient (Wildman–Crippen LogP) is 1.34. The quantitative estimate of drug-likeness (QED) is 0.498. The fourth-order valence-electron chi connectivity index (χ4n) is 1.30. The lowest BCUT2D eigenvalue weighted by Crippen LogP contribution is -2.37. The van der Waals surface area contributed by atoms with Gasteiger partial charge in [-0.15, -0.1) is 0 Å². The lowest BCUT2D eigenvalue weighted by atomic mass is 9.74. The van der Waals surface area contributed by atoms with E-state index in [-0.39, 0.29) is 17.8 Å². The second-order valence-corrected chi connectivity index (χ2v) is 3.22. The Kier molecular flexibility index (Phi) is 3.09. The van der Waals surface area contributed by atoms with Gasteiger partial charge in [-0.05, 0) is 31.4 Å². The van der Waals surface area contributed by atoms with E-state index < -0.39 is 5.24 Å². The average molecular weight is 191 g/mol. The molecule has 1 rings (SSSR count). The molecule has 0 aromatic carbocycles. The van der Waals surface area contributed by atoms with Crippen LogP contribution in [-0.4, -0.2) is 17.8 Å². The minimum Gasteiger partial charge on any atom is -0.466 e. The highest BCUT2D eigenvalue weighted by molar-refractivity contribution is 6.64. The molecule has 0 aromatic rings. The number of carbonyl (C=O) groups excluding carboxylic acids is 2. The predicted molar refractivity (Wildman–Crippen MR) is 43.7 cm³/mol. The monoisotopic (exact) mass is 190 g/mol. The maximum absolute atomic E-state index is 11.1. The molecule has 4 heteroatoms. The van der Waals surface area contributed by atoms with Crippen molar-refractivity contribution in [3.8, 4) is 0 Å². The summed E-state index contributed by atoms with van der Waals surface area (Å²) in [5.74, 6) is -0.872. The number of halogens is 1. The molecule has 1 saturated carbocycles. The van der Waals surface area contributed by atoms with Crippen LogP contribution in [0.1, 0.15) is 19.8 Å². The van der Waals surface area contributed by atoms with Crippen molar-refractivity contribution in [3.05, 3.63) is 0 Å². The molecule has 0 saturated heterocycles. The van der Waals surface area contributed by atoms with Gasteiger partial charge in [-0.25, -0.2) is 0 Å². The molecule has 12 heavy (non-hydrogen) atoms. The zero-order chi connectivity index (χ0) is 9.14. The van der Waals surface area contributed by atoms with Crippen molar-refractivity contribution in [2.45, 2.75) is 19.8 Å². The van der Waals surface area contributed by atoms with Crippen molar-refractivity contribution in [1.82, 2.24) is 0 Å². The molecule has 1 aliphatic carbocycles. The summed E-state index contributed by atoms with van der Waals surface area (Å²) < 4.78 is 4.78. The van der Waals surface area contributed by atoms with Crippen molar-refractivity contribution in [2.24, 2.45) is 11.8 Å². The fraction of sp³-hybridized carbons (Fsp3) is 0.750. The normalized spacial score (nSPS) is 27.5. The van der Waals surface area contributed by atoms with E-state index >= 15 is 0 Å². The van der Waals surface area contributed by atoms with Crippen LogP contribution in [0, 0.1) is 11.8 Å². The molecule has 0 heterocycles. The molecule has 68 valence electrons. The maximum Gasteiger partial charge on any atom is 0.309 e. The third kappa shape index (κ3) is 1.78. The van der Waals surface area contributed by atoms with Gasteiger partial charge < -0.3 is 4.74 Å². The smallest absolute Gasteiger partial charge is 0.309 e. The Balaban J connectivity index is 2.43. The molecular weight excluding hydrogens is 180 g/mol. The van der Waals surface area contributed by atoms with Gasteiger partial charge in [0.1, 0.15) is 0 Å². The van der Waals surface area contributed by atoms with Crippen LogP contribution in [0.5, 0.6) is 0 Å². The highest BCUT2D eigenvalue weighted by Crippen LogP contribution is 2.36. The Morgan fingerprint density at radius 3 is 2.33 bits per heavy atom. The molecule has 0 radical (unpaired) electrons. The van der Waals surface area contributed by atoms with Crippen molar-refractivity contribution >= 4 is 22.8 Å². The van der Waals surface area contributed by atoms with Crippen molar-refractivity contribution in [1.29, 1.82) is 0 Å². The van der Waals surface area contributed by atoms with Gasteiger partial charge in [-0.2, -0.15) is 0 Å². The molecule has 0 aliphatic heterocycles. The Hall–Kier alpha value is -0.570. The molecule has 3 nitrogen and oxygen atoms in total. The first-order chi connectivity index (χ1) is 5.66. The summed E-state index contributed by atoms with van der Waals surface area (Å²) in [4.78, 5) is 21.8. The van der Waals surface area contributed by atoms with Crippen molar-refractivity contribution in [3.63, 3.8) is 0 Å². The van der Waals surface area contributed by atoms with E-state index in [4.69, 9.17) is 16.3 Å². The van der Waals surface area contributed by atoms with Crippen LogP contribution in [0.2, 0.25) is 0 Å². The third-order valence-corrected chi connectivity index (χ3v) is 2.44. The number of hydrogen-bond acceptors (Lipinski definition) is 3. The number of esters is 1. The summed E-state index contributed by atoms with van der Waals surface area (Å²) >= 11 is 5.27. The second kappa shape index (κ2) is 3.90. The number of hydrogen-bond donors (Lipinski definition) is 0. The molecular formula is C8H11ClO3. The van der Waals surface area contributed by atoms with Crippen molar-refractivity contribution in [2.75, 3.05) is 6.61 Å². The van der Waals surface area contributed by atoms with Gasteiger partial charge in [0.15, 0.2) is 0 Å². The van der Waals surface area contributed by atoms with E-state index in [0.717, 1.165) is 6.42 Å². The van der Waals surface area contributed by atoms with Crippen LogP contribution in [0.15, 0.2) is 0 Å². The molecule has 0 N–H and O–H groups in total. The maximum atomic E-state index is 11.1. The molecule has 2 atom stereocenters. The Labute approximate surface area is 76.0 Å². The van der Waals surface area contributed by atoms with Gasteiger partial charge in [0, 0.05) is 5.92 Å². The first-order valence-corrected chi connectivity index (χ1v) is 4.40. The van der Waals surface area contributed by atoms with Gasteiger partial charge in [-0.3, -0.25) is 9.59 Å². The highest BCUT2D eigenvalue weighted by Gasteiger charge is 2.41. The SMILES string of the molecule is CCOC(=O)[C@@H]1CC[C@H]1C(=O)Cl.